The topological polar surface area (TPSA) is 75.3 Å². The van der Waals surface area contributed by atoms with Crippen LogP contribution >= 0.6 is 11.6 Å². The highest BCUT2D eigenvalue weighted by atomic mass is 35.5. The van der Waals surface area contributed by atoms with Crippen LogP contribution in [-0.4, -0.2) is 32.6 Å². The van der Waals surface area contributed by atoms with Crippen molar-refractivity contribution in [2.24, 2.45) is 0 Å². The highest BCUT2D eigenvalue weighted by Gasteiger charge is 2.15. The molecule has 0 saturated heterocycles. The van der Waals surface area contributed by atoms with Gasteiger partial charge in [0.1, 0.15) is 0 Å². The number of hydrogen-bond donors (Lipinski definition) is 2. The quantitative estimate of drug-likeness (QED) is 0.884. The van der Waals surface area contributed by atoms with Gasteiger partial charge < -0.3 is 10.2 Å². The zero-order chi connectivity index (χ0) is 13.1. The van der Waals surface area contributed by atoms with Crippen LogP contribution in [0.15, 0.2) is 30.5 Å². The van der Waals surface area contributed by atoms with Gasteiger partial charge >= 0.3 is 5.97 Å². The summed E-state index contributed by atoms with van der Waals surface area (Å²) in [6, 6.07) is 6.93. The van der Waals surface area contributed by atoms with Crippen LogP contribution in [0.3, 0.4) is 0 Å². The maximum Gasteiger partial charge on any atom is 0.356 e. The average molecular weight is 267 g/mol. The summed E-state index contributed by atoms with van der Waals surface area (Å²) in [7, 11) is 0. The molecule has 2 aromatic rings. The number of aromatic nitrogens is 2. The minimum atomic E-state index is -1.11. The highest BCUT2D eigenvalue weighted by molar-refractivity contribution is 6.30. The molecule has 0 amide bonds. The molecule has 1 aromatic heterocycles. The first-order valence-electron chi connectivity index (χ1n) is 5.30. The van der Waals surface area contributed by atoms with Crippen molar-refractivity contribution in [3.63, 3.8) is 0 Å². The maximum absolute atomic E-state index is 11.0. The number of carbonyl (C=O) groups is 1. The molecule has 0 unspecified atom stereocenters. The predicted molar refractivity (Wildman–Crippen MR) is 66.3 cm³/mol. The number of aromatic carboxylic acids is 1. The van der Waals surface area contributed by atoms with Gasteiger partial charge in [0.25, 0.3) is 0 Å². The molecular weight excluding hydrogens is 256 g/mol. The third-order valence-corrected chi connectivity index (χ3v) is 2.68. The summed E-state index contributed by atoms with van der Waals surface area (Å²) in [5, 5.41) is 22.5. The molecule has 0 saturated carbocycles. The lowest BCUT2D eigenvalue weighted by Gasteiger charge is -2.00. The van der Waals surface area contributed by atoms with Crippen molar-refractivity contribution in [1.82, 2.24) is 9.78 Å². The fourth-order valence-electron chi connectivity index (χ4n) is 1.64. The van der Waals surface area contributed by atoms with Gasteiger partial charge in [-0.3, -0.25) is 0 Å². The fraction of sp³-hybridized carbons (Fsp3) is 0.167. The van der Waals surface area contributed by atoms with E-state index in [2.05, 4.69) is 5.10 Å². The van der Waals surface area contributed by atoms with Crippen LogP contribution in [0, 0.1) is 0 Å². The Morgan fingerprint density at radius 2 is 2.22 bits per heavy atom. The molecule has 0 aliphatic heterocycles. The van der Waals surface area contributed by atoms with Crippen molar-refractivity contribution >= 4 is 17.6 Å². The Morgan fingerprint density at radius 3 is 2.83 bits per heavy atom. The lowest BCUT2D eigenvalue weighted by atomic mass is 10.2. The van der Waals surface area contributed by atoms with Gasteiger partial charge in [-0.05, 0) is 24.6 Å². The zero-order valence-electron chi connectivity index (χ0n) is 9.38. The number of carboxylic acids is 1. The predicted octanol–water partition coefficient (Wildman–Crippen LogP) is 1.76. The molecule has 0 aliphatic carbocycles. The Morgan fingerprint density at radius 1 is 1.44 bits per heavy atom. The minimum absolute atomic E-state index is 0.0518. The third kappa shape index (κ3) is 2.52. The Balaban J connectivity index is 2.46. The molecule has 0 spiro atoms. The summed E-state index contributed by atoms with van der Waals surface area (Å²) in [5.41, 5.74) is 1.11. The molecule has 2 rings (SSSR count). The van der Waals surface area contributed by atoms with E-state index in [0.29, 0.717) is 16.3 Å². The Bertz CT molecular complexity index is 580. The number of carboxylic acid groups (broad SMARTS) is 1. The first kappa shape index (κ1) is 12.6. The van der Waals surface area contributed by atoms with Crippen LogP contribution in [0.2, 0.25) is 5.02 Å². The van der Waals surface area contributed by atoms with E-state index in [0.717, 1.165) is 0 Å². The Kier molecular flexibility index (Phi) is 3.64. The van der Waals surface area contributed by atoms with Gasteiger partial charge in [0, 0.05) is 23.4 Å². The molecule has 0 aliphatic rings. The average Bonchev–Trinajstić information content (AvgIpc) is 2.74. The molecule has 18 heavy (non-hydrogen) atoms. The van der Waals surface area contributed by atoms with Gasteiger partial charge in [-0.15, -0.1) is 0 Å². The number of rotatable bonds is 4. The highest BCUT2D eigenvalue weighted by Crippen LogP contribution is 2.17. The lowest BCUT2D eigenvalue weighted by molar-refractivity contribution is 0.0688. The largest absolute Gasteiger partial charge is 0.476 e. The molecule has 0 fully saturated rings. The van der Waals surface area contributed by atoms with Crippen molar-refractivity contribution in [2.75, 3.05) is 6.61 Å². The van der Waals surface area contributed by atoms with Crippen molar-refractivity contribution < 1.29 is 15.0 Å². The number of aliphatic hydroxyl groups excluding tert-OH is 1. The molecular formula is C12H11ClN2O3. The smallest absolute Gasteiger partial charge is 0.356 e. The van der Waals surface area contributed by atoms with Crippen molar-refractivity contribution in [2.45, 2.75) is 6.42 Å². The van der Waals surface area contributed by atoms with E-state index in [1.807, 2.05) is 0 Å². The number of halogens is 1. The normalized spacial score (nSPS) is 10.6. The molecule has 5 nitrogen and oxygen atoms in total. The molecule has 1 aromatic carbocycles. The van der Waals surface area contributed by atoms with E-state index in [1.165, 1.54) is 4.68 Å². The summed E-state index contributed by atoms with van der Waals surface area (Å²) < 4.78 is 1.44. The van der Waals surface area contributed by atoms with Gasteiger partial charge in [-0.2, -0.15) is 5.10 Å². The van der Waals surface area contributed by atoms with E-state index in [9.17, 15) is 4.79 Å². The summed E-state index contributed by atoms with van der Waals surface area (Å²) >= 11 is 5.87. The van der Waals surface area contributed by atoms with E-state index >= 15 is 0 Å². The second-order valence-corrected chi connectivity index (χ2v) is 4.14. The first-order chi connectivity index (χ1) is 8.61. The molecule has 1 heterocycles. The Hall–Kier alpha value is -1.85. The van der Waals surface area contributed by atoms with E-state index in [-0.39, 0.29) is 18.7 Å². The number of hydrogen-bond acceptors (Lipinski definition) is 3. The Labute approximate surface area is 108 Å². The number of aliphatic hydroxyl groups is 1. The monoisotopic (exact) mass is 266 g/mol. The standard InChI is InChI=1S/C12H11ClN2O3/c13-9-2-1-3-10(6-9)15-7-8(4-5-16)11(14-15)12(17)18/h1-3,6-7,16H,4-5H2,(H,17,18). The number of benzene rings is 1. The fourth-order valence-corrected chi connectivity index (χ4v) is 1.83. The first-order valence-corrected chi connectivity index (χ1v) is 5.68. The van der Waals surface area contributed by atoms with E-state index in [1.54, 1.807) is 30.5 Å². The van der Waals surface area contributed by atoms with Gasteiger partial charge in [0.15, 0.2) is 5.69 Å². The van der Waals surface area contributed by atoms with Crippen LogP contribution in [0.1, 0.15) is 16.1 Å². The van der Waals surface area contributed by atoms with Gasteiger partial charge in [0.05, 0.1) is 5.69 Å². The van der Waals surface area contributed by atoms with Crippen LogP contribution in [0.5, 0.6) is 0 Å². The second-order valence-electron chi connectivity index (χ2n) is 3.71. The molecule has 6 heteroatoms. The zero-order valence-corrected chi connectivity index (χ0v) is 10.1. The second kappa shape index (κ2) is 5.20. The summed E-state index contributed by atoms with van der Waals surface area (Å²) in [4.78, 5) is 11.0. The van der Waals surface area contributed by atoms with Gasteiger partial charge in [0.2, 0.25) is 0 Å². The van der Waals surface area contributed by atoms with Crippen molar-refractivity contribution in [1.29, 1.82) is 0 Å². The SMILES string of the molecule is O=C(O)c1nn(-c2cccc(Cl)c2)cc1CCO. The molecule has 94 valence electrons. The maximum atomic E-state index is 11.0. The summed E-state index contributed by atoms with van der Waals surface area (Å²) in [5.74, 6) is -1.11. The van der Waals surface area contributed by atoms with E-state index in [4.69, 9.17) is 21.8 Å². The molecule has 2 N–H and O–H groups in total. The third-order valence-electron chi connectivity index (χ3n) is 2.45. The summed E-state index contributed by atoms with van der Waals surface area (Å²) in [6.45, 7) is -0.123. The summed E-state index contributed by atoms with van der Waals surface area (Å²) in [6.07, 6.45) is 1.84. The van der Waals surface area contributed by atoms with Crippen LogP contribution in [-0.2, 0) is 6.42 Å². The van der Waals surface area contributed by atoms with Crippen LogP contribution in [0.4, 0.5) is 0 Å². The van der Waals surface area contributed by atoms with Crippen molar-refractivity contribution in [3.05, 3.63) is 46.7 Å². The van der Waals surface area contributed by atoms with Crippen molar-refractivity contribution in [3.8, 4) is 5.69 Å². The minimum Gasteiger partial charge on any atom is -0.476 e. The van der Waals surface area contributed by atoms with Crippen LogP contribution in [0.25, 0.3) is 5.69 Å². The van der Waals surface area contributed by atoms with E-state index < -0.39 is 5.97 Å². The molecule has 0 bridgehead atoms. The van der Waals surface area contributed by atoms with Gasteiger partial charge in [-0.1, -0.05) is 17.7 Å². The van der Waals surface area contributed by atoms with Crippen LogP contribution < -0.4 is 0 Å². The molecule has 0 atom stereocenters. The number of nitrogens with zero attached hydrogens (tertiary/aromatic N) is 2. The molecule has 0 radical (unpaired) electrons. The van der Waals surface area contributed by atoms with Gasteiger partial charge in [-0.25, -0.2) is 9.48 Å². The lowest BCUT2D eigenvalue weighted by Crippen LogP contribution is -2.03.